The van der Waals surface area contributed by atoms with Crippen molar-refractivity contribution in [1.82, 2.24) is 14.7 Å². The summed E-state index contributed by atoms with van der Waals surface area (Å²) in [6.45, 7) is 3.26. The molecule has 2 aromatic rings. The highest BCUT2D eigenvalue weighted by molar-refractivity contribution is 9.10. The van der Waals surface area contributed by atoms with Gasteiger partial charge in [0.1, 0.15) is 12.9 Å². The molecule has 0 spiro atoms. The fraction of sp³-hybridized carbons (Fsp3) is 0.333. The Morgan fingerprint density at radius 3 is 2.52 bits per heavy atom. The van der Waals surface area contributed by atoms with E-state index in [9.17, 15) is 8.42 Å². The van der Waals surface area contributed by atoms with E-state index in [0.717, 1.165) is 4.47 Å². The number of hydrogen-bond acceptors (Lipinski definition) is 6. The van der Waals surface area contributed by atoms with E-state index >= 15 is 0 Å². The zero-order valence-corrected chi connectivity index (χ0v) is 16.1. The minimum atomic E-state index is -3.81. The van der Waals surface area contributed by atoms with E-state index in [2.05, 4.69) is 35.3 Å². The Hall–Kier alpha value is -1.75. The number of aliphatic hydroxyl groups excluding tert-OH is 1. The second-order valence-electron chi connectivity index (χ2n) is 5.36. The molecule has 0 saturated carbocycles. The number of benzene rings is 1. The molecule has 0 unspecified atom stereocenters. The molecule has 0 amide bonds. The minimum Gasteiger partial charge on any atom is -0.475 e. The molecule has 25 heavy (non-hydrogen) atoms. The van der Waals surface area contributed by atoms with Crippen molar-refractivity contribution >= 4 is 32.0 Å². The molecular formula is C15H19BrN4O4S. The number of rotatable bonds is 8. The number of ether oxygens (including phenoxy) is 1. The lowest BCUT2D eigenvalue weighted by molar-refractivity contribution is 0.197. The van der Waals surface area contributed by atoms with Gasteiger partial charge in [0, 0.05) is 10.5 Å². The van der Waals surface area contributed by atoms with Crippen LogP contribution < -0.4 is 14.2 Å². The molecule has 2 rings (SSSR count). The van der Waals surface area contributed by atoms with Gasteiger partial charge < -0.3 is 9.84 Å². The summed E-state index contributed by atoms with van der Waals surface area (Å²) >= 11 is 3.36. The van der Waals surface area contributed by atoms with Gasteiger partial charge >= 0.3 is 10.2 Å². The molecule has 0 atom stereocenters. The largest absolute Gasteiger partial charge is 0.475 e. The summed E-state index contributed by atoms with van der Waals surface area (Å²) < 4.78 is 35.5. The summed E-state index contributed by atoms with van der Waals surface area (Å²) in [4.78, 5) is 8.10. The molecule has 1 aromatic carbocycles. The van der Waals surface area contributed by atoms with E-state index in [-0.39, 0.29) is 31.0 Å². The zero-order valence-electron chi connectivity index (χ0n) is 13.7. The minimum absolute atomic E-state index is 0.0248. The van der Waals surface area contributed by atoms with Gasteiger partial charge in [-0.25, -0.2) is 9.97 Å². The van der Waals surface area contributed by atoms with Crippen molar-refractivity contribution < 1.29 is 18.3 Å². The standard InChI is InChI=1S/C15H19BrN4O4S/c1-10(2)19-25(22,23)20-14-13(11-3-5-12(16)6-4-11)15(18-9-17-14)24-8-7-21/h3-6,9-10,19,21H,7-8H2,1-2H3,(H,17,18,20). The number of aliphatic hydroxyl groups is 1. The monoisotopic (exact) mass is 430 g/mol. The molecule has 0 fully saturated rings. The van der Waals surface area contributed by atoms with Gasteiger partial charge in [0.05, 0.1) is 12.2 Å². The van der Waals surface area contributed by atoms with Gasteiger partial charge in [-0.15, -0.1) is 0 Å². The predicted octanol–water partition coefficient (Wildman–Crippen LogP) is 1.93. The van der Waals surface area contributed by atoms with Gasteiger partial charge in [0.2, 0.25) is 5.88 Å². The Kier molecular flexibility index (Phi) is 6.71. The van der Waals surface area contributed by atoms with Crippen LogP contribution in [0.4, 0.5) is 5.82 Å². The average molecular weight is 431 g/mol. The van der Waals surface area contributed by atoms with Crippen LogP contribution in [0.25, 0.3) is 11.1 Å². The van der Waals surface area contributed by atoms with Crippen molar-refractivity contribution in [1.29, 1.82) is 0 Å². The summed E-state index contributed by atoms with van der Waals surface area (Å²) in [6.07, 6.45) is 1.20. The fourth-order valence-corrected chi connectivity index (χ4v) is 3.40. The molecule has 0 aliphatic heterocycles. The number of hydrogen-bond donors (Lipinski definition) is 3. The van der Waals surface area contributed by atoms with Crippen LogP contribution >= 0.6 is 15.9 Å². The molecule has 0 aliphatic rings. The van der Waals surface area contributed by atoms with Gasteiger partial charge in [0.15, 0.2) is 5.82 Å². The molecule has 10 heteroatoms. The molecule has 3 N–H and O–H groups in total. The SMILES string of the molecule is CC(C)NS(=O)(=O)Nc1ncnc(OCCO)c1-c1ccc(Br)cc1. The summed E-state index contributed by atoms with van der Waals surface area (Å²) in [6, 6.07) is 6.90. The maximum absolute atomic E-state index is 12.2. The van der Waals surface area contributed by atoms with Crippen LogP contribution in [0.5, 0.6) is 5.88 Å². The molecule has 1 heterocycles. The van der Waals surface area contributed by atoms with Crippen LogP contribution in [0, 0.1) is 0 Å². The van der Waals surface area contributed by atoms with E-state index in [4.69, 9.17) is 9.84 Å². The van der Waals surface area contributed by atoms with E-state index in [1.807, 2.05) is 12.1 Å². The maximum atomic E-state index is 12.2. The summed E-state index contributed by atoms with van der Waals surface area (Å²) in [5.74, 6) is 0.257. The van der Waals surface area contributed by atoms with Crippen LogP contribution in [-0.2, 0) is 10.2 Å². The molecule has 0 saturated heterocycles. The van der Waals surface area contributed by atoms with Crippen molar-refractivity contribution in [3.8, 4) is 17.0 Å². The Labute approximate surface area is 155 Å². The lowest BCUT2D eigenvalue weighted by Crippen LogP contribution is -2.35. The third kappa shape index (κ3) is 5.63. The Morgan fingerprint density at radius 2 is 1.92 bits per heavy atom. The first-order valence-electron chi connectivity index (χ1n) is 7.47. The highest BCUT2D eigenvalue weighted by Gasteiger charge is 2.20. The smallest absolute Gasteiger partial charge is 0.300 e. The number of anilines is 1. The lowest BCUT2D eigenvalue weighted by Gasteiger charge is -2.16. The number of aromatic nitrogens is 2. The van der Waals surface area contributed by atoms with Gasteiger partial charge in [0.25, 0.3) is 0 Å². The molecule has 1 aromatic heterocycles. The van der Waals surface area contributed by atoms with Crippen molar-refractivity contribution in [2.45, 2.75) is 19.9 Å². The van der Waals surface area contributed by atoms with Crippen molar-refractivity contribution in [2.24, 2.45) is 0 Å². The molecular weight excluding hydrogens is 412 g/mol. The van der Waals surface area contributed by atoms with Crippen LogP contribution in [0.3, 0.4) is 0 Å². The molecule has 0 aliphatic carbocycles. The molecule has 0 radical (unpaired) electrons. The van der Waals surface area contributed by atoms with Crippen LogP contribution in [-0.4, -0.2) is 42.7 Å². The van der Waals surface area contributed by atoms with Gasteiger partial charge in [-0.05, 0) is 31.5 Å². The number of halogens is 1. The van der Waals surface area contributed by atoms with Gasteiger partial charge in [-0.3, -0.25) is 4.72 Å². The highest BCUT2D eigenvalue weighted by Crippen LogP contribution is 2.34. The van der Waals surface area contributed by atoms with Crippen molar-refractivity contribution in [3.63, 3.8) is 0 Å². The van der Waals surface area contributed by atoms with Crippen molar-refractivity contribution in [2.75, 3.05) is 17.9 Å². The van der Waals surface area contributed by atoms with Crippen LogP contribution in [0.15, 0.2) is 35.1 Å². The molecule has 0 bridgehead atoms. The Bertz CT molecular complexity index is 813. The first-order chi connectivity index (χ1) is 11.8. The van der Waals surface area contributed by atoms with E-state index < -0.39 is 10.2 Å². The average Bonchev–Trinajstić information content (AvgIpc) is 2.52. The normalized spacial score (nSPS) is 11.6. The second kappa shape index (κ2) is 8.56. The number of nitrogens with zero attached hydrogens (tertiary/aromatic N) is 2. The van der Waals surface area contributed by atoms with E-state index in [1.165, 1.54) is 6.33 Å². The fourth-order valence-electron chi connectivity index (χ4n) is 2.04. The van der Waals surface area contributed by atoms with E-state index in [0.29, 0.717) is 11.1 Å². The summed E-state index contributed by atoms with van der Waals surface area (Å²) in [5.41, 5.74) is 1.05. The Morgan fingerprint density at radius 1 is 1.24 bits per heavy atom. The quantitative estimate of drug-likeness (QED) is 0.589. The second-order valence-corrected chi connectivity index (χ2v) is 7.72. The van der Waals surface area contributed by atoms with Crippen LogP contribution in [0.1, 0.15) is 13.8 Å². The first kappa shape index (κ1) is 19.6. The van der Waals surface area contributed by atoms with Crippen molar-refractivity contribution in [3.05, 3.63) is 35.1 Å². The van der Waals surface area contributed by atoms with Gasteiger partial charge in [-0.2, -0.15) is 13.1 Å². The summed E-state index contributed by atoms with van der Waals surface area (Å²) in [7, 11) is -3.81. The van der Waals surface area contributed by atoms with Crippen LogP contribution in [0.2, 0.25) is 0 Å². The summed E-state index contributed by atoms with van der Waals surface area (Å²) in [5, 5.41) is 8.98. The first-order valence-corrected chi connectivity index (χ1v) is 9.74. The molecule has 136 valence electrons. The highest BCUT2D eigenvalue weighted by atomic mass is 79.9. The molecule has 8 nitrogen and oxygen atoms in total. The maximum Gasteiger partial charge on any atom is 0.300 e. The number of nitrogens with one attached hydrogen (secondary N) is 2. The van der Waals surface area contributed by atoms with E-state index in [1.54, 1.807) is 26.0 Å². The van der Waals surface area contributed by atoms with Gasteiger partial charge in [-0.1, -0.05) is 28.1 Å². The lowest BCUT2D eigenvalue weighted by atomic mass is 10.1. The zero-order chi connectivity index (χ0) is 18.4. The third-order valence-electron chi connectivity index (χ3n) is 2.90. The third-order valence-corrected chi connectivity index (χ3v) is 4.67. The predicted molar refractivity (Wildman–Crippen MR) is 98.6 cm³/mol. The Balaban J connectivity index is 2.50. The topological polar surface area (TPSA) is 113 Å².